The zero-order valence-corrected chi connectivity index (χ0v) is 17.3. The average Bonchev–Trinajstić information content (AvgIpc) is 3.38. The van der Waals surface area contributed by atoms with Crippen molar-refractivity contribution in [1.29, 1.82) is 0 Å². The molecule has 5 rings (SSSR count). The first-order chi connectivity index (χ1) is 15.1. The normalized spacial score (nSPS) is 11.0. The van der Waals surface area contributed by atoms with Gasteiger partial charge in [-0.05, 0) is 55.5 Å². The van der Waals surface area contributed by atoms with Crippen molar-refractivity contribution in [3.63, 3.8) is 0 Å². The van der Waals surface area contributed by atoms with Gasteiger partial charge in [-0.2, -0.15) is 0 Å². The molecule has 0 atom stereocenters. The summed E-state index contributed by atoms with van der Waals surface area (Å²) in [6.07, 6.45) is 0. The summed E-state index contributed by atoms with van der Waals surface area (Å²) in [7, 11) is 0. The number of hydrogen-bond acceptors (Lipinski definition) is 4. The summed E-state index contributed by atoms with van der Waals surface area (Å²) in [5, 5.41) is 7.91. The van der Waals surface area contributed by atoms with Crippen molar-refractivity contribution in [1.82, 2.24) is 24.7 Å². The van der Waals surface area contributed by atoms with Gasteiger partial charge in [0.25, 0.3) is 5.91 Å². The van der Waals surface area contributed by atoms with Gasteiger partial charge in [0, 0.05) is 10.6 Å². The lowest BCUT2D eigenvalue weighted by molar-refractivity contribution is 0.101. The summed E-state index contributed by atoms with van der Waals surface area (Å²) in [6, 6.07) is 22.4. The lowest BCUT2D eigenvalue weighted by Crippen LogP contribution is -2.15. The predicted octanol–water partition coefficient (Wildman–Crippen LogP) is 5.02. The van der Waals surface area contributed by atoms with Crippen LogP contribution in [0.15, 0.2) is 72.8 Å². The lowest BCUT2D eigenvalue weighted by atomic mass is 10.1. The first-order valence-corrected chi connectivity index (χ1v) is 10.0. The molecule has 0 fully saturated rings. The molecule has 2 N–H and O–H groups in total. The fraction of sp³-hybridized carbons (Fsp3) is 0.0435. The molecule has 0 unspecified atom stereocenters. The van der Waals surface area contributed by atoms with Crippen molar-refractivity contribution < 1.29 is 4.79 Å². The monoisotopic (exact) mass is 428 g/mol. The van der Waals surface area contributed by atoms with Crippen molar-refractivity contribution in [2.45, 2.75) is 6.92 Å². The number of carbonyl (C=O) groups excluding carboxylic acids is 1. The van der Waals surface area contributed by atoms with Crippen LogP contribution in [-0.2, 0) is 0 Å². The third-order valence-corrected chi connectivity index (χ3v) is 5.11. The van der Waals surface area contributed by atoms with Gasteiger partial charge in [-0.15, -0.1) is 5.10 Å². The van der Waals surface area contributed by atoms with Gasteiger partial charge in [-0.3, -0.25) is 4.79 Å². The number of halogens is 1. The minimum atomic E-state index is -0.403. The first kappa shape index (κ1) is 19.0. The second-order valence-corrected chi connectivity index (χ2v) is 7.41. The van der Waals surface area contributed by atoms with Crippen LogP contribution < -0.4 is 5.32 Å². The van der Waals surface area contributed by atoms with Crippen LogP contribution in [-0.4, -0.2) is 30.6 Å². The number of H-pyrrole nitrogens is 1. The van der Waals surface area contributed by atoms with E-state index >= 15 is 0 Å². The Morgan fingerprint density at radius 3 is 2.52 bits per heavy atom. The van der Waals surface area contributed by atoms with E-state index in [1.54, 1.807) is 23.7 Å². The number of aromatic nitrogens is 5. The Kier molecular flexibility index (Phi) is 4.72. The molecule has 0 saturated carbocycles. The van der Waals surface area contributed by atoms with Gasteiger partial charge < -0.3 is 10.3 Å². The summed E-state index contributed by atoms with van der Waals surface area (Å²) in [6.45, 7) is 1.79. The zero-order valence-electron chi connectivity index (χ0n) is 16.5. The van der Waals surface area contributed by atoms with E-state index in [1.807, 2.05) is 60.7 Å². The number of aryl methyl sites for hydroxylation is 1. The highest BCUT2D eigenvalue weighted by Gasteiger charge is 2.18. The maximum absolute atomic E-state index is 12.9. The molecule has 152 valence electrons. The predicted molar refractivity (Wildman–Crippen MR) is 121 cm³/mol. The standard InChI is InChI=1S/C23H17ClN6O/c1-14-25-22(29-30(14)16-12-10-15(24)11-13-16)23(31)28-18-7-3-2-6-17(18)21-26-19-8-4-5-9-20(19)27-21/h2-13H,1H3,(H,26,27)(H,28,31). The van der Waals surface area contributed by atoms with Gasteiger partial charge in [0.1, 0.15) is 11.6 Å². The van der Waals surface area contributed by atoms with Crippen LogP contribution in [0.5, 0.6) is 0 Å². The molecular weight excluding hydrogens is 412 g/mol. The summed E-state index contributed by atoms with van der Waals surface area (Å²) >= 11 is 5.96. The van der Waals surface area contributed by atoms with Crippen LogP contribution in [0.1, 0.15) is 16.4 Å². The molecule has 2 aromatic heterocycles. The number of nitrogens with zero attached hydrogens (tertiary/aromatic N) is 4. The molecule has 31 heavy (non-hydrogen) atoms. The van der Waals surface area contributed by atoms with Gasteiger partial charge in [0.2, 0.25) is 5.82 Å². The number of rotatable bonds is 4. The second-order valence-electron chi connectivity index (χ2n) is 6.97. The number of hydrogen-bond donors (Lipinski definition) is 2. The smallest absolute Gasteiger partial charge is 0.295 e. The van der Waals surface area contributed by atoms with Crippen molar-refractivity contribution in [3.8, 4) is 17.1 Å². The fourth-order valence-corrected chi connectivity index (χ4v) is 3.50. The molecule has 2 heterocycles. The number of para-hydroxylation sites is 3. The molecule has 0 saturated heterocycles. The van der Waals surface area contributed by atoms with Crippen molar-refractivity contribution >= 4 is 34.2 Å². The minimum Gasteiger partial charge on any atom is -0.338 e. The largest absolute Gasteiger partial charge is 0.338 e. The molecule has 7 nitrogen and oxygen atoms in total. The number of amides is 1. The Morgan fingerprint density at radius 1 is 0.968 bits per heavy atom. The molecular formula is C23H17ClN6O. The van der Waals surface area contributed by atoms with Crippen LogP contribution in [0.3, 0.4) is 0 Å². The Bertz CT molecular complexity index is 1370. The fourth-order valence-electron chi connectivity index (χ4n) is 3.37. The van der Waals surface area contributed by atoms with E-state index < -0.39 is 5.91 Å². The zero-order chi connectivity index (χ0) is 21.4. The third kappa shape index (κ3) is 3.67. The van der Waals surface area contributed by atoms with Crippen LogP contribution in [0.4, 0.5) is 5.69 Å². The van der Waals surface area contributed by atoms with E-state index in [0.717, 1.165) is 22.3 Å². The Morgan fingerprint density at radius 2 is 1.71 bits per heavy atom. The number of fused-ring (bicyclic) bond motifs is 1. The summed E-state index contributed by atoms with van der Waals surface area (Å²) in [5.74, 6) is 0.942. The quantitative estimate of drug-likeness (QED) is 0.420. The number of carbonyl (C=O) groups is 1. The van der Waals surface area contributed by atoms with E-state index in [0.29, 0.717) is 22.4 Å². The van der Waals surface area contributed by atoms with E-state index in [-0.39, 0.29) is 5.82 Å². The van der Waals surface area contributed by atoms with E-state index in [9.17, 15) is 4.79 Å². The molecule has 0 aliphatic carbocycles. The van der Waals surface area contributed by atoms with Crippen molar-refractivity contribution in [3.05, 3.63) is 89.5 Å². The highest BCUT2D eigenvalue weighted by Crippen LogP contribution is 2.27. The van der Waals surface area contributed by atoms with Gasteiger partial charge >= 0.3 is 0 Å². The SMILES string of the molecule is Cc1nc(C(=O)Nc2ccccc2-c2nc3ccccc3[nH]2)nn1-c1ccc(Cl)cc1. The van der Waals surface area contributed by atoms with E-state index in [2.05, 4.69) is 25.4 Å². The molecule has 0 aliphatic heterocycles. The second kappa shape index (κ2) is 7.70. The maximum atomic E-state index is 12.9. The van der Waals surface area contributed by atoms with Gasteiger partial charge in [0.15, 0.2) is 0 Å². The highest BCUT2D eigenvalue weighted by molar-refractivity contribution is 6.30. The van der Waals surface area contributed by atoms with Gasteiger partial charge in [-0.25, -0.2) is 14.6 Å². The maximum Gasteiger partial charge on any atom is 0.295 e. The number of benzene rings is 3. The topological polar surface area (TPSA) is 88.5 Å². The summed E-state index contributed by atoms with van der Waals surface area (Å²) < 4.78 is 1.61. The average molecular weight is 429 g/mol. The number of nitrogens with one attached hydrogen (secondary N) is 2. The van der Waals surface area contributed by atoms with Gasteiger partial charge in [-0.1, -0.05) is 35.9 Å². The molecule has 3 aromatic carbocycles. The number of aromatic amines is 1. The van der Waals surface area contributed by atoms with E-state index in [4.69, 9.17) is 11.6 Å². The Labute approximate surface area is 182 Å². The molecule has 5 aromatic rings. The minimum absolute atomic E-state index is 0.0758. The molecule has 0 bridgehead atoms. The molecule has 1 amide bonds. The third-order valence-electron chi connectivity index (χ3n) is 4.86. The van der Waals surface area contributed by atoms with Crippen LogP contribution in [0, 0.1) is 6.92 Å². The molecule has 0 radical (unpaired) electrons. The highest BCUT2D eigenvalue weighted by atomic mass is 35.5. The first-order valence-electron chi connectivity index (χ1n) is 9.63. The number of imidazole rings is 1. The lowest BCUT2D eigenvalue weighted by Gasteiger charge is -2.08. The Hall–Kier alpha value is -3.97. The Balaban J connectivity index is 1.45. The molecule has 0 aliphatic rings. The summed E-state index contributed by atoms with van der Waals surface area (Å²) in [4.78, 5) is 25.2. The van der Waals surface area contributed by atoms with Crippen LogP contribution >= 0.6 is 11.6 Å². The van der Waals surface area contributed by atoms with Gasteiger partial charge in [0.05, 0.1) is 22.4 Å². The van der Waals surface area contributed by atoms with Crippen LogP contribution in [0.25, 0.3) is 28.1 Å². The van der Waals surface area contributed by atoms with Crippen LogP contribution in [0.2, 0.25) is 5.02 Å². The molecule has 0 spiro atoms. The molecule has 8 heteroatoms. The van der Waals surface area contributed by atoms with Crippen molar-refractivity contribution in [2.24, 2.45) is 0 Å². The van der Waals surface area contributed by atoms with E-state index in [1.165, 1.54) is 0 Å². The summed E-state index contributed by atoms with van der Waals surface area (Å²) in [5.41, 5.74) is 3.96. The van der Waals surface area contributed by atoms with Crippen molar-refractivity contribution in [2.75, 3.05) is 5.32 Å². The number of anilines is 1.